The molecule has 0 atom stereocenters. The Hall–Kier alpha value is -2.40. The molecule has 2 aromatic rings. The lowest BCUT2D eigenvalue weighted by molar-refractivity contribution is -0.113. The summed E-state index contributed by atoms with van der Waals surface area (Å²) in [5.74, 6) is -0.794. The molecule has 0 aliphatic rings. The Morgan fingerprint density at radius 2 is 2.00 bits per heavy atom. The first kappa shape index (κ1) is 16.0. The summed E-state index contributed by atoms with van der Waals surface area (Å²) in [6.45, 7) is 2.13. The van der Waals surface area contributed by atoms with Gasteiger partial charge < -0.3 is 10.6 Å². The van der Waals surface area contributed by atoms with Gasteiger partial charge in [-0.25, -0.2) is 0 Å². The SMILES string of the molecule is Cc1cccc(C(=O)NCc2ccccn2)c1NC(=O)CCl. The molecule has 0 saturated carbocycles. The van der Waals surface area contributed by atoms with Crippen LogP contribution in [0.15, 0.2) is 42.6 Å². The molecule has 0 fully saturated rings. The van der Waals surface area contributed by atoms with Crippen LogP contribution in [-0.2, 0) is 11.3 Å². The number of nitrogens with zero attached hydrogens (tertiary/aromatic N) is 1. The van der Waals surface area contributed by atoms with E-state index in [0.29, 0.717) is 17.8 Å². The summed E-state index contributed by atoms with van der Waals surface area (Å²) in [5.41, 5.74) is 2.43. The molecule has 1 aromatic carbocycles. The standard InChI is InChI=1S/C16H16ClN3O2/c1-11-5-4-7-13(15(11)20-14(21)9-17)16(22)19-10-12-6-2-3-8-18-12/h2-8H,9-10H2,1H3,(H,19,22)(H,20,21). The summed E-state index contributed by atoms with van der Waals surface area (Å²) in [7, 11) is 0. The van der Waals surface area contributed by atoms with Crippen LogP contribution >= 0.6 is 11.6 Å². The molecule has 0 aliphatic heterocycles. The monoisotopic (exact) mass is 317 g/mol. The Balaban J connectivity index is 2.15. The zero-order valence-electron chi connectivity index (χ0n) is 12.1. The van der Waals surface area contributed by atoms with Crippen LogP contribution in [0.2, 0.25) is 0 Å². The van der Waals surface area contributed by atoms with Crippen LogP contribution in [0.5, 0.6) is 0 Å². The smallest absolute Gasteiger partial charge is 0.253 e. The highest BCUT2D eigenvalue weighted by Crippen LogP contribution is 2.20. The molecule has 0 unspecified atom stereocenters. The third-order valence-electron chi connectivity index (χ3n) is 3.06. The Kier molecular flexibility index (Phi) is 5.49. The van der Waals surface area contributed by atoms with Crippen molar-refractivity contribution in [3.8, 4) is 0 Å². The number of amides is 2. The summed E-state index contributed by atoms with van der Waals surface area (Å²) in [6, 6.07) is 10.7. The number of nitrogens with one attached hydrogen (secondary N) is 2. The van der Waals surface area contributed by atoms with Gasteiger partial charge >= 0.3 is 0 Å². The maximum absolute atomic E-state index is 12.3. The number of anilines is 1. The van der Waals surface area contributed by atoms with Crippen LogP contribution < -0.4 is 10.6 Å². The Bertz CT molecular complexity index is 674. The van der Waals surface area contributed by atoms with E-state index in [1.165, 1.54) is 0 Å². The van der Waals surface area contributed by atoms with Crippen LogP contribution in [0.25, 0.3) is 0 Å². The van der Waals surface area contributed by atoms with Gasteiger partial charge in [-0.3, -0.25) is 14.6 Å². The van der Waals surface area contributed by atoms with Gasteiger partial charge in [0.25, 0.3) is 5.91 Å². The van der Waals surface area contributed by atoms with Gasteiger partial charge in [0.05, 0.1) is 23.5 Å². The first-order valence-electron chi connectivity index (χ1n) is 6.75. The number of para-hydroxylation sites is 1. The van der Waals surface area contributed by atoms with E-state index in [9.17, 15) is 9.59 Å². The van der Waals surface area contributed by atoms with Crippen LogP contribution in [0, 0.1) is 6.92 Å². The molecule has 0 bridgehead atoms. The molecule has 6 heteroatoms. The van der Waals surface area contributed by atoms with E-state index in [2.05, 4.69) is 15.6 Å². The summed E-state index contributed by atoms with van der Waals surface area (Å²) >= 11 is 5.51. The number of benzene rings is 1. The molecule has 2 N–H and O–H groups in total. The Morgan fingerprint density at radius 1 is 1.18 bits per heavy atom. The Morgan fingerprint density at radius 3 is 2.68 bits per heavy atom. The highest BCUT2D eigenvalue weighted by Gasteiger charge is 2.15. The van der Waals surface area contributed by atoms with Gasteiger partial charge in [0.2, 0.25) is 5.91 Å². The van der Waals surface area contributed by atoms with Crippen molar-refractivity contribution < 1.29 is 9.59 Å². The van der Waals surface area contributed by atoms with Crippen molar-refractivity contribution in [2.75, 3.05) is 11.2 Å². The van der Waals surface area contributed by atoms with Crippen molar-refractivity contribution >= 4 is 29.1 Å². The first-order valence-corrected chi connectivity index (χ1v) is 7.29. The van der Waals surface area contributed by atoms with Crippen LogP contribution in [0.4, 0.5) is 5.69 Å². The zero-order chi connectivity index (χ0) is 15.9. The quantitative estimate of drug-likeness (QED) is 0.832. The van der Waals surface area contributed by atoms with Crippen LogP contribution in [0.1, 0.15) is 21.6 Å². The van der Waals surface area contributed by atoms with Crippen molar-refractivity contribution in [3.05, 3.63) is 59.4 Å². The van der Waals surface area contributed by atoms with Crippen molar-refractivity contribution in [2.45, 2.75) is 13.5 Å². The fourth-order valence-electron chi connectivity index (χ4n) is 1.96. The molecule has 0 radical (unpaired) electrons. The normalized spacial score (nSPS) is 10.1. The molecule has 5 nitrogen and oxygen atoms in total. The molecule has 1 aromatic heterocycles. The largest absolute Gasteiger partial charge is 0.346 e. The Labute approximate surface area is 133 Å². The number of carbonyl (C=O) groups is 2. The highest BCUT2D eigenvalue weighted by molar-refractivity contribution is 6.29. The zero-order valence-corrected chi connectivity index (χ0v) is 12.9. The van der Waals surface area contributed by atoms with E-state index in [1.54, 1.807) is 18.3 Å². The predicted octanol–water partition coefficient (Wildman–Crippen LogP) is 2.50. The summed E-state index contributed by atoms with van der Waals surface area (Å²) in [5, 5.41) is 5.45. The van der Waals surface area contributed by atoms with Crippen molar-refractivity contribution in [1.82, 2.24) is 10.3 Å². The number of hydrogen-bond donors (Lipinski definition) is 2. The molecule has 0 aliphatic carbocycles. The average Bonchev–Trinajstić information content (AvgIpc) is 2.55. The summed E-state index contributed by atoms with van der Waals surface area (Å²) in [6.07, 6.45) is 1.67. The van der Waals surface area contributed by atoms with E-state index >= 15 is 0 Å². The number of carbonyl (C=O) groups excluding carboxylic acids is 2. The second-order valence-corrected chi connectivity index (χ2v) is 4.95. The van der Waals surface area contributed by atoms with Gasteiger partial charge in [-0.05, 0) is 30.7 Å². The summed E-state index contributed by atoms with van der Waals surface area (Å²) in [4.78, 5) is 28.0. The fraction of sp³-hybridized carbons (Fsp3) is 0.188. The van der Waals surface area contributed by atoms with E-state index in [1.807, 2.05) is 31.2 Å². The number of pyridine rings is 1. The van der Waals surface area contributed by atoms with Gasteiger partial charge in [-0.1, -0.05) is 18.2 Å². The minimum atomic E-state index is -0.352. The molecular formula is C16H16ClN3O2. The van der Waals surface area contributed by atoms with E-state index in [0.717, 1.165) is 11.3 Å². The fourth-order valence-corrected chi connectivity index (χ4v) is 2.03. The molecule has 2 amide bonds. The maximum atomic E-state index is 12.3. The second kappa shape index (κ2) is 7.56. The second-order valence-electron chi connectivity index (χ2n) is 4.68. The molecule has 0 saturated heterocycles. The minimum Gasteiger partial charge on any atom is -0.346 e. The van der Waals surface area contributed by atoms with E-state index in [4.69, 9.17) is 11.6 Å². The number of aromatic nitrogens is 1. The molecule has 114 valence electrons. The predicted molar refractivity (Wildman–Crippen MR) is 85.9 cm³/mol. The third kappa shape index (κ3) is 4.05. The molecular weight excluding hydrogens is 302 g/mol. The van der Waals surface area contributed by atoms with Crippen molar-refractivity contribution in [2.24, 2.45) is 0 Å². The highest BCUT2D eigenvalue weighted by atomic mass is 35.5. The van der Waals surface area contributed by atoms with Crippen LogP contribution in [0.3, 0.4) is 0 Å². The number of aryl methyl sites for hydroxylation is 1. The molecule has 2 rings (SSSR count). The van der Waals surface area contributed by atoms with Gasteiger partial charge in [-0.15, -0.1) is 11.6 Å². The lowest BCUT2D eigenvalue weighted by Crippen LogP contribution is -2.25. The van der Waals surface area contributed by atoms with Crippen molar-refractivity contribution in [1.29, 1.82) is 0 Å². The molecule has 1 heterocycles. The number of halogens is 1. The number of alkyl halides is 1. The van der Waals surface area contributed by atoms with Gasteiger partial charge in [0.1, 0.15) is 5.88 Å². The first-order chi connectivity index (χ1) is 10.6. The lowest BCUT2D eigenvalue weighted by atomic mass is 10.1. The van der Waals surface area contributed by atoms with Crippen LogP contribution in [-0.4, -0.2) is 22.7 Å². The van der Waals surface area contributed by atoms with Gasteiger partial charge in [-0.2, -0.15) is 0 Å². The van der Waals surface area contributed by atoms with E-state index < -0.39 is 0 Å². The maximum Gasteiger partial charge on any atom is 0.253 e. The summed E-state index contributed by atoms with van der Waals surface area (Å²) < 4.78 is 0. The number of hydrogen-bond acceptors (Lipinski definition) is 3. The average molecular weight is 318 g/mol. The topological polar surface area (TPSA) is 71.1 Å². The molecule has 0 spiro atoms. The van der Waals surface area contributed by atoms with Crippen molar-refractivity contribution in [3.63, 3.8) is 0 Å². The lowest BCUT2D eigenvalue weighted by Gasteiger charge is -2.13. The van der Waals surface area contributed by atoms with Gasteiger partial charge in [0.15, 0.2) is 0 Å². The number of rotatable bonds is 5. The van der Waals surface area contributed by atoms with E-state index in [-0.39, 0.29) is 17.7 Å². The van der Waals surface area contributed by atoms with Gasteiger partial charge in [0, 0.05) is 6.20 Å². The molecule has 22 heavy (non-hydrogen) atoms. The minimum absolute atomic E-state index is 0.163. The third-order valence-corrected chi connectivity index (χ3v) is 3.30.